The number of halogens is 2. The van der Waals surface area contributed by atoms with Crippen LogP contribution in [0.25, 0.3) is 0 Å². The summed E-state index contributed by atoms with van der Waals surface area (Å²) >= 11 is 0. The number of carbonyl (C=O) groups excluding carboxylic acids is 3. The summed E-state index contributed by atoms with van der Waals surface area (Å²) in [5, 5.41) is 1.22. The number of nitrogens with one attached hydrogen (secondary N) is 1. The van der Waals surface area contributed by atoms with Crippen molar-refractivity contribution in [3.63, 3.8) is 0 Å². The maximum atomic E-state index is 13.8. The van der Waals surface area contributed by atoms with Gasteiger partial charge in [0.15, 0.2) is 11.6 Å². The fourth-order valence-electron chi connectivity index (χ4n) is 4.37. The van der Waals surface area contributed by atoms with Gasteiger partial charge in [-0.2, -0.15) is 0 Å². The van der Waals surface area contributed by atoms with Crippen molar-refractivity contribution in [2.75, 3.05) is 32.2 Å². The van der Waals surface area contributed by atoms with Gasteiger partial charge in [-0.3, -0.25) is 19.8 Å². The third kappa shape index (κ3) is 5.40. The Morgan fingerprint density at radius 1 is 1.00 bits per heavy atom. The zero-order valence-electron chi connectivity index (χ0n) is 19.7. The van der Waals surface area contributed by atoms with E-state index in [4.69, 9.17) is 0 Å². The Hall–Kier alpha value is -3.59. The Morgan fingerprint density at radius 3 is 2.46 bits per heavy atom. The number of hydrogen-bond acceptors (Lipinski definition) is 4. The molecule has 0 aromatic heterocycles. The SMILES string of the molecule is CN(C)CCN(Cc1ccc(F)c(F)c1)C(=O)c1cccc(N2NC(=O)C3CC=CCC3C2=O)c1. The minimum Gasteiger partial charge on any atom is -0.333 e. The lowest BCUT2D eigenvalue weighted by Crippen LogP contribution is -2.59. The fourth-order valence-corrected chi connectivity index (χ4v) is 4.37. The number of amides is 3. The zero-order valence-corrected chi connectivity index (χ0v) is 19.7. The minimum atomic E-state index is -0.972. The molecule has 4 rings (SSSR count). The van der Waals surface area contributed by atoms with Crippen LogP contribution in [0, 0.1) is 23.5 Å². The number of allylic oxidation sites excluding steroid dienone is 2. The number of benzene rings is 2. The number of carbonyl (C=O) groups is 3. The highest BCUT2D eigenvalue weighted by atomic mass is 19.2. The molecule has 1 aliphatic heterocycles. The first kappa shape index (κ1) is 24.5. The summed E-state index contributed by atoms with van der Waals surface area (Å²) in [5.74, 6) is -3.50. The van der Waals surface area contributed by atoms with Crippen molar-refractivity contribution in [3.05, 3.63) is 77.4 Å². The summed E-state index contributed by atoms with van der Waals surface area (Å²) in [6.07, 6.45) is 4.85. The van der Waals surface area contributed by atoms with Crippen LogP contribution in [0.5, 0.6) is 0 Å². The normalized spacial score (nSPS) is 19.5. The van der Waals surface area contributed by atoms with Crippen molar-refractivity contribution in [3.8, 4) is 0 Å². The van der Waals surface area contributed by atoms with Crippen molar-refractivity contribution in [1.82, 2.24) is 15.2 Å². The Balaban J connectivity index is 1.58. The molecule has 2 aromatic carbocycles. The van der Waals surface area contributed by atoms with Gasteiger partial charge in [0, 0.05) is 25.2 Å². The average molecular weight is 483 g/mol. The third-order valence-electron chi connectivity index (χ3n) is 6.34. The highest BCUT2D eigenvalue weighted by Gasteiger charge is 2.42. The third-order valence-corrected chi connectivity index (χ3v) is 6.34. The van der Waals surface area contributed by atoms with Gasteiger partial charge in [-0.1, -0.05) is 24.3 Å². The number of rotatable bonds is 7. The molecule has 0 saturated carbocycles. The van der Waals surface area contributed by atoms with E-state index in [0.717, 1.165) is 12.1 Å². The van der Waals surface area contributed by atoms with E-state index in [2.05, 4.69) is 5.43 Å². The molecule has 2 aliphatic rings. The summed E-state index contributed by atoms with van der Waals surface area (Å²) in [6.45, 7) is 1.00. The van der Waals surface area contributed by atoms with Crippen molar-refractivity contribution in [2.24, 2.45) is 11.8 Å². The highest BCUT2D eigenvalue weighted by Crippen LogP contribution is 2.32. The Morgan fingerprint density at radius 2 is 1.74 bits per heavy atom. The van der Waals surface area contributed by atoms with Crippen molar-refractivity contribution >= 4 is 23.4 Å². The molecule has 0 bridgehead atoms. The summed E-state index contributed by atoms with van der Waals surface area (Å²) in [7, 11) is 3.75. The van der Waals surface area contributed by atoms with Gasteiger partial charge in [-0.05, 0) is 62.8 Å². The van der Waals surface area contributed by atoms with Crippen LogP contribution in [0.4, 0.5) is 14.5 Å². The van der Waals surface area contributed by atoms with Crippen LogP contribution in [0.3, 0.4) is 0 Å². The van der Waals surface area contributed by atoms with Crippen LogP contribution in [0.15, 0.2) is 54.6 Å². The molecular weight excluding hydrogens is 454 g/mol. The first-order chi connectivity index (χ1) is 16.7. The molecule has 3 amide bonds. The molecule has 0 radical (unpaired) electrons. The predicted octanol–water partition coefficient (Wildman–Crippen LogP) is 3.13. The molecule has 1 fully saturated rings. The van der Waals surface area contributed by atoms with Gasteiger partial charge in [-0.15, -0.1) is 0 Å². The first-order valence-electron chi connectivity index (χ1n) is 11.5. The van der Waals surface area contributed by atoms with Crippen LogP contribution in [-0.2, 0) is 16.1 Å². The number of hydrogen-bond donors (Lipinski definition) is 1. The van der Waals surface area contributed by atoms with Crippen molar-refractivity contribution in [1.29, 1.82) is 0 Å². The second-order valence-electron chi connectivity index (χ2n) is 9.13. The molecule has 35 heavy (non-hydrogen) atoms. The van der Waals surface area contributed by atoms with E-state index in [0.29, 0.717) is 42.7 Å². The second-order valence-corrected chi connectivity index (χ2v) is 9.13. The number of likely N-dealkylation sites (N-methyl/N-ethyl adjacent to an activating group) is 1. The van der Waals surface area contributed by atoms with Gasteiger partial charge in [0.25, 0.3) is 5.91 Å². The van der Waals surface area contributed by atoms with Crippen LogP contribution in [0.1, 0.15) is 28.8 Å². The van der Waals surface area contributed by atoms with Crippen LogP contribution in [-0.4, -0.2) is 54.7 Å². The molecule has 2 atom stereocenters. The Labute approximate surface area is 203 Å². The van der Waals surface area contributed by atoms with Crippen LogP contribution in [0.2, 0.25) is 0 Å². The molecule has 1 saturated heterocycles. The van der Waals surface area contributed by atoms with Crippen LogP contribution < -0.4 is 10.4 Å². The van der Waals surface area contributed by atoms with E-state index in [1.807, 2.05) is 31.1 Å². The van der Waals surface area contributed by atoms with E-state index in [1.165, 1.54) is 11.1 Å². The predicted molar refractivity (Wildman–Crippen MR) is 127 cm³/mol. The number of fused-ring (bicyclic) bond motifs is 1. The molecule has 2 aromatic rings. The summed E-state index contributed by atoms with van der Waals surface area (Å²) < 4.78 is 27.1. The maximum absolute atomic E-state index is 13.8. The maximum Gasteiger partial charge on any atom is 0.254 e. The van der Waals surface area contributed by atoms with Crippen molar-refractivity contribution in [2.45, 2.75) is 19.4 Å². The van der Waals surface area contributed by atoms with E-state index in [1.54, 1.807) is 29.2 Å². The van der Waals surface area contributed by atoms with E-state index in [-0.39, 0.29) is 30.2 Å². The Kier molecular flexibility index (Phi) is 7.25. The molecule has 2 unspecified atom stereocenters. The van der Waals surface area contributed by atoms with Gasteiger partial charge in [0.2, 0.25) is 11.8 Å². The molecular formula is C26H28F2N4O3. The summed E-state index contributed by atoms with van der Waals surface area (Å²) in [6, 6.07) is 10.1. The monoisotopic (exact) mass is 482 g/mol. The lowest BCUT2D eigenvalue weighted by Gasteiger charge is -2.38. The van der Waals surface area contributed by atoms with E-state index in [9.17, 15) is 23.2 Å². The number of anilines is 1. The fraction of sp³-hybridized carbons (Fsp3) is 0.346. The van der Waals surface area contributed by atoms with E-state index < -0.39 is 17.6 Å². The van der Waals surface area contributed by atoms with Gasteiger partial charge in [-0.25, -0.2) is 13.8 Å². The average Bonchev–Trinajstić information content (AvgIpc) is 2.85. The molecule has 9 heteroatoms. The highest BCUT2D eigenvalue weighted by molar-refractivity contribution is 6.05. The second kappa shape index (κ2) is 10.4. The van der Waals surface area contributed by atoms with Gasteiger partial charge in [0.1, 0.15) is 0 Å². The summed E-state index contributed by atoms with van der Waals surface area (Å²) in [5.41, 5.74) is 3.84. The van der Waals surface area contributed by atoms with Gasteiger partial charge >= 0.3 is 0 Å². The number of nitrogens with zero attached hydrogens (tertiary/aromatic N) is 3. The largest absolute Gasteiger partial charge is 0.333 e. The first-order valence-corrected chi connectivity index (χ1v) is 11.5. The van der Waals surface area contributed by atoms with E-state index >= 15 is 0 Å². The zero-order chi connectivity index (χ0) is 25.1. The molecule has 1 N–H and O–H groups in total. The molecule has 184 valence electrons. The Bertz CT molecular complexity index is 1170. The van der Waals surface area contributed by atoms with Gasteiger partial charge < -0.3 is 9.80 Å². The quantitative estimate of drug-likeness (QED) is 0.616. The lowest BCUT2D eigenvalue weighted by molar-refractivity contribution is -0.139. The minimum absolute atomic E-state index is 0.0869. The molecule has 0 spiro atoms. The van der Waals surface area contributed by atoms with Crippen molar-refractivity contribution < 1.29 is 23.2 Å². The smallest absolute Gasteiger partial charge is 0.254 e. The molecule has 7 nitrogen and oxygen atoms in total. The van der Waals surface area contributed by atoms with Gasteiger partial charge in [0.05, 0.1) is 17.5 Å². The van der Waals surface area contributed by atoms with Crippen LogP contribution >= 0.6 is 0 Å². The summed E-state index contributed by atoms with van der Waals surface area (Å²) in [4.78, 5) is 42.6. The topological polar surface area (TPSA) is 73.0 Å². The number of hydrazine groups is 1. The lowest BCUT2D eigenvalue weighted by atomic mass is 9.80. The molecule has 1 heterocycles. The molecule has 1 aliphatic carbocycles. The standard InChI is InChI=1S/C26H28F2N4O3/c1-30(2)12-13-31(16-17-10-11-22(27)23(28)14-17)25(34)18-6-5-7-19(15-18)32-26(35)21-9-4-3-8-20(21)24(33)29-32/h3-7,10-11,14-15,20-21H,8-9,12-13,16H2,1-2H3,(H,29,33).